The minimum atomic E-state index is 0.481. The number of aromatic nitrogens is 2. The van der Waals surface area contributed by atoms with Crippen molar-refractivity contribution in [3.63, 3.8) is 0 Å². The molecule has 0 spiro atoms. The van der Waals surface area contributed by atoms with Gasteiger partial charge in [-0.2, -0.15) is 5.10 Å². The predicted molar refractivity (Wildman–Crippen MR) is 88.8 cm³/mol. The average molecular weight is 314 g/mol. The quantitative estimate of drug-likeness (QED) is 0.794. The van der Waals surface area contributed by atoms with Gasteiger partial charge in [0.1, 0.15) is 18.2 Å². The molecule has 3 rings (SSSR count). The molecule has 0 atom stereocenters. The fraction of sp³-hybridized carbons (Fsp3) is 0.118. The van der Waals surface area contributed by atoms with Crippen LogP contribution in [0.2, 0.25) is 5.02 Å². The van der Waals surface area contributed by atoms with Crippen molar-refractivity contribution in [2.75, 3.05) is 5.73 Å². The maximum absolute atomic E-state index is 6.31. The van der Waals surface area contributed by atoms with Crippen LogP contribution in [0, 0.1) is 0 Å². The molecule has 112 valence electrons. The zero-order chi connectivity index (χ0) is 15.5. The summed E-state index contributed by atoms with van der Waals surface area (Å²) in [6.07, 6.45) is 1.73. The van der Waals surface area contributed by atoms with E-state index in [0.717, 1.165) is 16.7 Å². The minimum absolute atomic E-state index is 0.481. The summed E-state index contributed by atoms with van der Waals surface area (Å²) in [6.45, 7) is 0.481. The lowest BCUT2D eigenvalue weighted by Gasteiger charge is -2.09. The number of hydrogen-bond acceptors (Lipinski definition) is 3. The molecule has 4 nitrogen and oxygen atoms in total. The minimum Gasteiger partial charge on any atom is -0.487 e. The summed E-state index contributed by atoms with van der Waals surface area (Å²) in [5, 5.41) is 4.69. The van der Waals surface area contributed by atoms with E-state index in [2.05, 4.69) is 5.10 Å². The van der Waals surface area contributed by atoms with Crippen molar-refractivity contribution < 1.29 is 4.74 Å². The highest BCUT2D eigenvalue weighted by Crippen LogP contribution is 2.33. The van der Waals surface area contributed by atoms with E-state index in [1.807, 2.05) is 48.5 Å². The van der Waals surface area contributed by atoms with Gasteiger partial charge in [-0.3, -0.25) is 4.68 Å². The molecule has 0 bridgehead atoms. The second kappa shape index (κ2) is 6.12. The van der Waals surface area contributed by atoms with Crippen molar-refractivity contribution in [1.82, 2.24) is 9.78 Å². The van der Waals surface area contributed by atoms with E-state index in [1.54, 1.807) is 17.9 Å². The summed E-state index contributed by atoms with van der Waals surface area (Å²) in [6, 6.07) is 15.6. The molecule has 0 saturated heterocycles. The van der Waals surface area contributed by atoms with Gasteiger partial charge >= 0.3 is 0 Å². The van der Waals surface area contributed by atoms with E-state index < -0.39 is 0 Å². The number of nitrogens with two attached hydrogens (primary N) is 1. The summed E-state index contributed by atoms with van der Waals surface area (Å²) in [5.74, 6) is 1.26. The molecule has 22 heavy (non-hydrogen) atoms. The van der Waals surface area contributed by atoms with E-state index in [0.29, 0.717) is 23.2 Å². The van der Waals surface area contributed by atoms with Crippen LogP contribution in [-0.4, -0.2) is 9.78 Å². The number of aryl methyl sites for hydroxylation is 1. The molecule has 1 heterocycles. The SMILES string of the molecule is Cn1ncc(-c2ccc(OCc3ccccc3)c(Cl)c2)c1N. The highest BCUT2D eigenvalue weighted by Gasteiger charge is 2.10. The zero-order valence-corrected chi connectivity index (χ0v) is 12.9. The van der Waals surface area contributed by atoms with E-state index >= 15 is 0 Å². The molecule has 2 N–H and O–H groups in total. The molecule has 0 unspecified atom stereocenters. The van der Waals surface area contributed by atoms with Crippen LogP contribution < -0.4 is 10.5 Å². The molecular formula is C17H16ClN3O. The van der Waals surface area contributed by atoms with Gasteiger partial charge in [-0.25, -0.2) is 0 Å². The van der Waals surface area contributed by atoms with E-state index in [4.69, 9.17) is 22.1 Å². The van der Waals surface area contributed by atoms with Crippen LogP contribution in [0.3, 0.4) is 0 Å². The third-order valence-corrected chi connectivity index (χ3v) is 3.76. The van der Waals surface area contributed by atoms with Crippen molar-refractivity contribution >= 4 is 17.4 Å². The normalized spacial score (nSPS) is 10.6. The highest BCUT2D eigenvalue weighted by molar-refractivity contribution is 6.32. The van der Waals surface area contributed by atoms with Gasteiger partial charge in [0, 0.05) is 12.6 Å². The first kappa shape index (κ1) is 14.5. The second-order valence-corrected chi connectivity index (χ2v) is 5.39. The molecule has 1 aromatic heterocycles. The molecule has 2 aromatic carbocycles. The number of rotatable bonds is 4. The maximum atomic E-state index is 6.31. The van der Waals surface area contributed by atoms with E-state index in [1.165, 1.54) is 0 Å². The lowest BCUT2D eigenvalue weighted by Crippen LogP contribution is -1.98. The van der Waals surface area contributed by atoms with Crippen LogP contribution >= 0.6 is 11.6 Å². The summed E-state index contributed by atoms with van der Waals surface area (Å²) in [5.41, 5.74) is 8.86. The summed E-state index contributed by atoms with van der Waals surface area (Å²) >= 11 is 6.31. The number of nitrogen functional groups attached to an aromatic ring is 1. The molecule has 3 aromatic rings. The number of benzene rings is 2. The Balaban J connectivity index is 1.79. The molecular weight excluding hydrogens is 298 g/mol. The summed E-state index contributed by atoms with van der Waals surface area (Å²) in [7, 11) is 1.80. The van der Waals surface area contributed by atoms with Gasteiger partial charge in [0.15, 0.2) is 0 Å². The maximum Gasteiger partial charge on any atom is 0.138 e. The Morgan fingerprint density at radius 2 is 1.95 bits per heavy atom. The first-order chi connectivity index (χ1) is 10.6. The monoisotopic (exact) mass is 313 g/mol. The van der Waals surface area contributed by atoms with Crippen molar-refractivity contribution in [2.24, 2.45) is 7.05 Å². The Bertz CT molecular complexity index is 784. The molecule has 5 heteroatoms. The van der Waals surface area contributed by atoms with Gasteiger partial charge in [0.25, 0.3) is 0 Å². The number of nitrogens with zero attached hydrogens (tertiary/aromatic N) is 2. The number of anilines is 1. The van der Waals surface area contributed by atoms with Crippen molar-refractivity contribution in [2.45, 2.75) is 6.61 Å². The number of halogens is 1. The lowest BCUT2D eigenvalue weighted by molar-refractivity contribution is 0.306. The Morgan fingerprint density at radius 3 is 2.59 bits per heavy atom. The zero-order valence-electron chi connectivity index (χ0n) is 12.2. The molecule has 0 amide bonds. The molecule has 0 radical (unpaired) electrons. The van der Waals surface area contributed by atoms with Crippen LogP contribution in [0.4, 0.5) is 5.82 Å². The lowest BCUT2D eigenvalue weighted by atomic mass is 10.1. The third kappa shape index (κ3) is 2.92. The first-order valence-electron chi connectivity index (χ1n) is 6.89. The van der Waals surface area contributed by atoms with Gasteiger partial charge in [-0.05, 0) is 23.3 Å². The number of ether oxygens (including phenoxy) is 1. The third-order valence-electron chi connectivity index (χ3n) is 3.46. The largest absolute Gasteiger partial charge is 0.487 e. The first-order valence-corrected chi connectivity index (χ1v) is 7.27. The van der Waals surface area contributed by atoms with Gasteiger partial charge in [0.05, 0.1) is 11.2 Å². The van der Waals surface area contributed by atoms with Crippen LogP contribution in [0.1, 0.15) is 5.56 Å². The van der Waals surface area contributed by atoms with Crippen LogP contribution in [-0.2, 0) is 13.7 Å². The van der Waals surface area contributed by atoms with Crippen LogP contribution in [0.15, 0.2) is 54.7 Å². The standard InChI is InChI=1S/C17H16ClN3O/c1-21-17(19)14(10-20-21)13-7-8-16(15(18)9-13)22-11-12-5-3-2-4-6-12/h2-10H,11,19H2,1H3. The van der Waals surface area contributed by atoms with Crippen molar-refractivity contribution in [3.8, 4) is 16.9 Å². The van der Waals surface area contributed by atoms with Crippen LogP contribution in [0.5, 0.6) is 5.75 Å². The Kier molecular flexibility index (Phi) is 4.02. The topological polar surface area (TPSA) is 53.1 Å². The van der Waals surface area contributed by atoms with E-state index in [-0.39, 0.29) is 0 Å². The molecule has 0 saturated carbocycles. The van der Waals surface area contributed by atoms with Crippen molar-refractivity contribution in [3.05, 3.63) is 65.3 Å². The predicted octanol–water partition coefficient (Wildman–Crippen LogP) is 3.90. The Labute approximate surface area is 134 Å². The Morgan fingerprint density at radius 1 is 1.18 bits per heavy atom. The number of hydrogen-bond donors (Lipinski definition) is 1. The average Bonchev–Trinajstić information content (AvgIpc) is 2.87. The Hall–Kier alpha value is -2.46. The smallest absolute Gasteiger partial charge is 0.138 e. The van der Waals surface area contributed by atoms with Crippen LogP contribution in [0.25, 0.3) is 11.1 Å². The highest BCUT2D eigenvalue weighted by atomic mass is 35.5. The molecule has 0 fully saturated rings. The fourth-order valence-electron chi connectivity index (χ4n) is 2.19. The molecule has 0 aliphatic rings. The summed E-state index contributed by atoms with van der Waals surface area (Å²) < 4.78 is 7.39. The van der Waals surface area contributed by atoms with Gasteiger partial charge < -0.3 is 10.5 Å². The van der Waals surface area contributed by atoms with E-state index in [9.17, 15) is 0 Å². The summed E-state index contributed by atoms with van der Waals surface area (Å²) in [4.78, 5) is 0. The van der Waals surface area contributed by atoms with Gasteiger partial charge in [-0.15, -0.1) is 0 Å². The fourth-order valence-corrected chi connectivity index (χ4v) is 2.43. The molecule has 0 aliphatic carbocycles. The van der Waals surface area contributed by atoms with Gasteiger partial charge in [0.2, 0.25) is 0 Å². The molecule has 0 aliphatic heterocycles. The van der Waals surface area contributed by atoms with Gasteiger partial charge in [-0.1, -0.05) is 48.0 Å². The second-order valence-electron chi connectivity index (χ2n) is 4.99. The van der Waals surface area contributed by atoms with Crippen molar-refractivity contribution in [1.29, 1.82) is 0 Å².